The number of piperidine rings is 1. The Balaban J connectivity index is 2.04. The fraction of sp³-hybridized carbons (Fsp3) is 0.917. The monoisotopic (exact) mass is 290 g/mol. The van der Waals surface area contributed by atoms with Crippen molar-refractivity contribution in [3.63, 3.8) is 0 Å². The Labute approximate surface area is 114 Å². The Morgan fingerprint density at radius 2 is 1.95 bits per heavy atom. The molecule has 2 rings (SSSR count). The van der Waals surface area contributed by atoms with Crippen LogP contribution in [-0.4, -0.2) is 68.1 Å². The van der Waals surface area contributed by atoms with Crippen molar-refractivity contribution < 1.29 is 18.3 Å². The minimum atomic E-state index is -3.01. The van der Waals surface area contributed by atoms with E-state index in [0.717, 1.165) is 25.9 Å². The van der Waals surface area contributed by atoms with Crippen LogP contribution in [-0.2, 0) is 14.6 Å². The van der Waals surface area contributed by atoms with E-state index in [-0.39, 0.29) is 42.5 Å². The summed E-state index contributed by atoms with van der Waals surface area (Å²) >= 11 is 0. The summed E-state index contributed by atoms with van der Waals surface area (Å²) in [4.78, 5) is 14.1. The van der Waals surface area contributed by atoms with Crippen molar-refractivity contribution in [3.05, 3.63) is 0 Å². The molecular formula is C12H22N2O4S. The molecule has 0 saturated carbocycles. The first kappa shape index (κ1) is 14.7. The molecule has 0 bridgehead atoms. The Morgan fingerprint density at radius 3 is 2.47 bits per heavy atom. The van der Waals surface area contributed by atoms with Gasteiger partial charge in [0.25, 0.3) is 0 Å². The number of sulfone groups is 1. The van der Waals surface area contributed by atoms with Crippen molar-refractivity contribution in [1.82, 2.24) is 10.2 Å². The van der Waals surface area contributed by atoms with Crippen LogP contribution >= 0.6 is 0 Å². The van der Waals surface area contributed by atoms with Gasteiger partial charge in [0, 0.05) is 18.5 Å². The predicted octanol–water partition coefficient (Wildman–Crippen LogP) is -1.01. The molecule has 1 amide bonds. The fourth-order valence-corrected chi connectivity index (χ4v) is 4.64. The van der Waals surface area contributed by atoms with Gasteiger partial charge in [0.05, 0.1) is 18.1 Å². The van der Waals surface area contributed by atoms with Crippen molar-refractivity contribution in [1.29, 1.82) is 0 Å². The van der Waals surface area contributed by atoms with Crippen molar-refractivity contribution in [3.8, 4) is 0 Å². The maximum Gasteiger partial charge on any atom is 0.226 e. The van der Waals surface area contributed by atoms with Crippen LogP contribution in [0.15, 0.2) is 0 Å². The maximum atomic E-state index is 12.5. The number of carbonyl (C=O) groups excluding carboxylic acids is 1. The zero-order valence-electron chi connectivity index (χ0n) is 11.0. The van der Waals surface area contributed by atoms with Gasteiger partial charge in [-0.2, -0.15) is 0 Å². The molecule has 19 heavy (non-hydrogen) atoms. The number of amides is 1. The molecule has 6 nitrogen and oxygen atoms in total. The maximum absolute atomic E-state index is 12.5. The second kappa shape index (κ2) is 6.19. The molecule has 1 atom stereocenters. The van der Waals surface area contributed by atoms with Gasteiger partial charge in [0.1, 0.15) is 0 Å². The van der Waals surface area contributed by atoms with Crippen molar-refractivity contribution in [2.45, 2.75) is 25.3 Å². The number of nitrogens with zero attached hydrogens (tertiary/aromatic N) is 1. The van der Waals surface area contributed by atoms with Crippen molar-refractivity contribution in [2.24, 2.45) is 5.92 Å². The minimum Gasteiger partial charge on any atom is -0.395 e. The Bertz CT molecular complexity index is 417. The lowest BCUT2D eigenvalue weighted by Gasteiger charge is -2.33. The minimum absolute atomic E-state index is 0.0117. The number of aliphatic hydroxyl groups is 1. The third-order valence-corrected chi connectivity index (χ3v) is 5.71. The molecule has 110 valence electrons. The molecule has 1 unspecified atom stereocenters. The lowest BCUT2D eigenvalue weighted by molar-refractivity contribution is -0.138. The van der Waals surface area contributed by atoms with Crippen molar-refractivity contribution in [2.75, 3.05) is 37.7 Å². The summed E-state index contributed by atoms with van der Waals surface area (Å²) in [6, 6.07) is -0.250. The molecule has 0 radical (unpaired) electrons. The predicted molar refractivity (Wildman–Crippen MR) is 71.5 cm³/mol. The van der Waals surface area contributed by atoms with Crippen LogP contribution < -0.4 is 5.32 Å². The highest BCUT2D eigenvalue weighted by molar-refractivity contribution is 7.91. The van der Waals surface area contributed by atoms with Crippen molar-refractivity contribution >= 4 is 15.7 Å². The molecule has 0 aromatic heterocycles. The number of aliphatic hydroxyl groups excluding tert-OH is 1. The summed E-state index contributed by atoms with van der Waals surface area (Å²) in [6.07, 6.45) is 2.08. The van der Waals surface area contributed by atoms with E-state index in [0.29, 0.717) is 6.42 Å². The highest BCUT2D eigenvalue weighted by Gasteiger charge is 2.36. The first-order chi connectivity index (χ1) is 9.03. The molecule has 2 aliphatic rings. The average molecular weight is 290 g/mol. The van der Waals surface area contributed by atoms with E-state index < -0.39 is 9.84 Å². The van der Waals surface area contributed by atoms with Gasteiger partial charge in [0.15, 0.2) is 9.84 Å². The number of hydrogen-bond donors (Lipinski definition) is 2. The smallest absolute Gasteiger partial charge is 0.226 e. The standard InChI is InChI=1S/C12H22N2O4S/c15-7-6-14(11-3-8-19(17,18)9-11)12(16)10-1-4-13-5-2-10/h10-11,13,15H,1-9H2. The molecule has 0 aromatic rings. The Hall–Kier alpha value is -0.660. The molecule has 2 heterocycles. The van der Waals surface area contributed by atoms with E-state index in [4.69, 9.17) is 5.11 Å². The second-order valence-electron chi connectivity index (χ2n) is 5.34. The molecule has 2 saturated heterocycles. The number of carbonyl (C=O) groups is 1. The van der Waals surface area contributed by atoms with Gasteiger partial charge in [-0.15, -0.1) is 0 Å². The summed E-state index contributed by atoms with van der Waals surface area (Å²) in [5.74, 6) is 0.178. The van der Waals surface area contributed by atoms with E-state index in [2.05, 4.69) is 5.32 Å². The fourth-order valence-electron chi connectivity index (χ4n) is 2.91. The Morgan fingerprint density at radius 1 is 1.26 bits per heavy atom. The summed E-state index contributed by atoms with van der Waals surface area (Å²) in [7, 11) is -3.01. The molecule has 2 aliphatic heterocycles. The van der Waals surface area contributed by atoms with Crippen LogP contribution in [0.1, 0.15) is 19.3 Å². The largest absolute Gasteiger partial charge is 0.395 e. The molecule has 0 aromatic carbocycles. The van der Waals surface area contributed by atoms with E-state index in [1.165, 1.54) is 0 Å². The third-order valence-electron chi connectivity index (χ3n) is 3.96. The summed E-state index contributed by atoms with van der Waals surface area (Å²) in [5, 5.41) is 12.3. The lowest BCUT2D eigenvalue weighted by Crippen LogP contribution is -2.47. The van der Waals surface area contributed by atoms with Crippen LogP contribution in [0.25, 0.3) is 0 Å². The number of nitrogens with one attached hydrogen (secondary N) is 1. The van der Waals surface area contributed by atoms with E-state index in [9.17, 15) is 13.2 Å². The van der Waals surface area contributed by atoms with Gasteiger partial charge in [-0.05, 0) is 32.4 Å². The van der Waals surface area contributed by atoms with E-state index in [1.54, 1.807) is 4.90 Å². The van der Waals surface area contributed by atoms with Gasteiger partial charge in [0.2, 0.25) is 5.91 Å². The zero-order chi connectivity index (χ0) is 13.9. The quantitative estimate of drug-likeness (QED) is 0.693. The highest BCUT2D eigenvalue weighted by atomic mass is 32.2. The molecule has 0 aliphatic carbocycles. The van der Waals surface area contributed by atoms with Crippen LogP contribution in [0, 0.1) is 5.92 Å². The molecule has 7 heteroatoms. The average Bonchev–Trinajstić information content (AvgIpc) is 2.76. The van der Waals surface area contributed by atoms with Crippen LogP contribution in [0.5, 0.6) is 0 Å². The van der Waals surface area contributed by atoms with Gasteiger partial charge in [-0.25, -0.2) is 8.42 Å². The zero-order valence-corrected chi connectivity index (χ0v) is 11.9. The molecule has 2 N–H and O–H groups in total. The topological polar surface area (TPSA) is 86.7 Å². The third kappa shape index (κ3) is 3.67. The van der Waals surface area contributed by atoms with Crippen LogP contribution in [0.2, 0.25) is 0 Å². The summed E-state index contributed by atoms with van der Waals surface area (Å²) in [6.45, 7) is 1.77. The van der Waals surface area contributed by atoms with Gasteiger partial charge >= 0.3 is 0 Å². The molecular weight excluding hydrogens is 268 g/mol. The highest BCUT2D eigenvalue weighted by Crippen LogP contribution is 2.22. The SMILES string of the molecule is O=C(C1CCNCC1)N(CCO)C1CCS(=O)(=O)C1. The number of rotatable bonds is 4. The normalized spacial score (nSPS) is 27.3. The summed E-state index contributed by atoms with van der Waals surface area (Å²) < 4.78 is 23.1. The lowest BCUT2D eigenvalue weighted by atomic mass is 9.95. The van der Waals surface area contributed by atoms with E-state index >= 15 is 0 Å². The summed E-state index contributed by atoms with van der Waals surface area (Å²) in [5.41, 5.74) is 0. The molecule has 2 fully saturated rings. The van der Waals surface area contributed by atoms with Crippen LogP contribution in [0.4, 0.5) is 0 Å². The van der Waals surface area contributed by atoms with E-state index in [1.807, 2.05) is 0 Å². The number of hydrogen-bond acceptors (Lipinski definition) is 5. The first-order valence-electron chi connectivity index (χ1n) is 6.86. The Kier molecular flexibility index (Phi) is 4.81. The van der Waals surface area contributed by atoms with Gasteiger partial charge in [-0.3, -0.25) is 4.79 Å². The van der Waals surface area contributed by atoms with Crippen LogP contribution in [0.3, 0.4) is 0 Å². The molecule has 0 spiro atoms. The van der Waals surface area contributed by atoms with Gasteiger partial charge in [-0.1, -0.05) is 0 Å². The first-order valence-corrected chi connectivity index (χ1v) is 8.68. The second-order valence-corrected chi connectivity index (χ2v) is 7.57. The van der Waals surface area contributed by atoms with Gasteiger partial charge < -0.3 is 15.3 Å².